The van der Waals surface area contributed by atoms with E-state index in [1.807, 2.05) is 4.90 Å². The fourth-order valence-corrected chi connectivity index (χ4v) is 4.26. The second-order valence-electron chi connectivity index (χ2n) is 7.05. The summed E-state index contributed by atoms with van der Waals surface area (Å²) >= 11 is 3.95. The Labute approximate surface area is 187 Å². The monoisotopic (exact) mass is 467 g/mol. The molecule has 0 radical (unpaired) electrons. The van der Waals surface area contributed by atoms with Crippen LogP contribution in [0.5, 0.6) is 0 Å². The zero-order valence-corrected chi connectivity index (χ0v) is 18.5. The second kappa shape index (κ2) is 9.78. The van der Waals surface area contributed by atoms with Crippen LogP contribution in [0.1, 0.15) is 15.9 Å². The fraction of sp³-hybridized carbons (Fsp3) is 0.350. The molecule has 1 aromatic heterocycles. The van der Waals surface area contributed by atoms with Crippen molar-refractivity contribution >= 4 is 34.7 Å². The van der Waals surface area contributed by atoms with Gasteiger partial charge in [-0.25, -0.2) is 4.98 Å². The molecular formula is C20H20ClF2N5O2S. The van der Waals surface area contributed by atoms with Crippen molar-refractivity contribution in [3.8, 4) is 17.2 Å². The van der Waals surface area contributed by atoms with Crippen LogP contribution < -0.4 is 4.90 Å². The largest absolute Gasteiger partial charge is 0.593 e. The first-order valence-corrected chi connectivity index (χ1v) is 10.9. The molecule has 164 valence electrons. The van der Waals surface area contributed by atoms with E-state index in [0.717, 1.165) is 0 Å². The molecule has 0 saturated carbocycles. The molecule has 1 unspecified atom stereocenters. The van der Waals surface area contributed by atoms with Crippen molar-refractivity contribution < 1.29 is 18.1 Å². The third-order valence-electron chi connectivity index (χ3n) is 4.87. The van der Waals surface area contributed by atoms with Crippen molar-refractivity contribution in [2.24, 2.45) is 0 Å². The number of rotatable bonds is 5. The smallest absolute Gasteiger partial charge is 0.416 e. The molecule has 1 aromatic carbocycles. The van der Waals surface area contributed by atoms with Crippen molar-refractivity contribution in [3.05, 3.63) is 46.6 Å². The Bertz CT molecular complexity index is 1010. The first-order valence-electron chi connectivity index (χ1n) is 9.33. The Morgan fingerprint density at radius 1 is 1.26 bits per heavy atom. The van der Waals surface area contributed by atoms with E-state index in [1.54, 1.807) is 44.6 Å². The minimum atomic E-state index is -2.91. The van der Waals surface area contributed by atoms with Crippen LogP contribution in [0.4, 0.5) is 14.6 Å². The van der Waals surface area contributed by atoms with Crippen LogP contribution in [0.15, 0.2) is 30.5 Å². The van der Waals surface area contributed by atoms with Gasteiger partial charge in [0.2, 0.25) is 0 Å². The normalized spacial score (nSPS) is 15.6. The van der Waals surface area contributed by atoms with E-state index in [-0.39, 0.29) is 19.0 Å². The average molecular weight is 468 g/mol. The molecule has 2 heterocycles. The molecule has 7 nitrogen and oxygen atoms in total. The summed E-state index contributed by atoms with van der Waals surface area (Å²) in [5, 5.41) is 9.91. The number of nitrogens with zero attached hydrogens (tertiary/aromatic N) is 5. The third kappa shape index (κ3) is 5.07. The Morgan fingerprint density at radius 3 is 2.48 bits per heavy atom. The number of hydrogen-bond donors (Lipinski definition) is 0. The Hall–Kier alpha value is -2.45. The zero-order chi connectivity index (χ0) is 22.7. The number of alkyl halides is 2. The Morgan fingerprint density at radius 2 is 1.94 bits per heavy atom. The summed E-state index contributed by atoms with van der Waals surface area (Å²) in [5.41, 5.74) is 2.06. The van der Waals surface area contributed by atoms with Crippen LogP contribution >= 0.6 is 11.6 Å². The first-order chi connectivity index (χ1) is 14.7. The number of anilines is 1. The van der Waals surface area contributed by atoms with E-state index in [0.29, 0.717) is 46.2 Å². The van der Waals surface area contributed by atoms with Gasteiger partial charge in [0, 0.05) is 38.9 Å². The van der Waals surface area contributed by atoms with Gasteiger partial charge in [-0.1, -0.05) is 17.7 Å². The third-order valence-corrected chi connectivity index (χ3v) is 6.36. The molecule has 0 bridgehead atoms. The van der Waals surface area contributed by atoms with Crippen molar-refractivity contribution in [2.45, 2.75) is 5.76 Å². The summed E-state index contributed by atoms with van der Waals surface area (Å²) in [6, 6.07) is 8.80. The van der Waals surface area contributed by atoms with Crippen LogP contribution in [0, 0.1) is 11.3 Å². The topological polar surface area (TPSA) is 86.5 Å². The molecule has 0 N–H and O–H groups in total. The van der Waals surface area contributed by atoms with Gasteiger partial charge >= 0.3 is 5.76 Å². The minimum Gasteiger partial charge on any atom is -0.593 e. The number of piperazine rings is 1. The Kier molecular flexibility index (Phi) is 7.33. The second-order valence-corrected chi connectivity index (χ2v) is 8.89. The van der Waals surface area contributed by atoms with Crippen LogP contribution in [0.25, 0.3) is 11.1 Å². The van der Waals surface area contributed by atoms with E-state index < -0.39 is 17.1 Å². The summed E-state index contributed by atoms with van der Waals surface area (Å²) < 4.78 is 38.1. The molecule has 0 aliphatic carbocycles. The van der Waals surface area contributed by atoms with Gasteiger partial charge in [0.25, 0.3) is 5.91 Å². The zero-order valence-electron chi connectivity index (χ0n) is 16.9. The number of nitriles is 1. The number of carbonyl (C=O) groups is 1. The van der Waals surface area contributed by atoms with Gasteiger partial charge in [0.1, 0.15) is 23.2 Å². The van der Waals surface area contributed by atoms with Crippen LogP contribution in [-0.2, 0) is 11.4 Å². The van der Waals surface area contributed by atoms with Crippen LogP contribution in [0.3, 0.4) is 0 Å². The molecule has 31 heavy (non-hydrogen) atoms. The SMILES string of the molecule is CN(C)C(=O)c1ccc(-c2cnc(N3CCN([S+]([O-])C(F)F)CC3)c(C#N)c2)cc1Cl. The molecule has 3 rings (SSSR count). The van der Waals surface area contributed by atoms with Gasteiger partial charge in [0.05, 0.1) is 29.2 Å². The summed E-state index contributed by atoms with van der Waals surface area (Å²) in [6.45, 7) is 1.02. The Balaban J connectivity index is 1.81. The lowest BCUT2D eigenvalue weighted by Crippen LogP contribution is -2.50. The summed E-state index contributed by atoms with van der Waals surface area (Å²) in [4.78, 5) is 19.8. The quantitative estimate of drug-likeness (QED) is 0.628. The van der Waals surface area contributed by atoms with Gasteiger partial charge in [-0.05, 0) is 23.8 Å². The number of carbonyl (C=O) groups excluding carboxylic acids is 1. The average Bonchev–Trinajstić information content (AvgIpc) is 2.77. The van der Waals surface area contributed by atoms with Gasteiger partial charge in [-0.15, -0.1) is 4.31 Å². The van der Waals surface area contributed by atoms with E-state index in [9.17, 15) is 23.4 Å². The van der Waals surface area contributed by atoms with E-state index in [1.165, 1.54) is 9.21 Å². The molecular weight excluding hydrogens is 448 g/mol. The van der Waals surface area contributed by atoms with Crippen molar-refractivity contribution in [2.75, 3.05) is 45.2 Å². The van der Waals surface area contributed by atoms with Gasteiger partial charge in [-0.3, -0.25) is 4.79 Å². The lowest BCUT2D eigenvalue weighted by atomic mass is 10.0. The number of hydrogen-bond acceptors (Lipinski definition) is 6. The molecule has 1 aliphatic rings. The maximum Gasteiger partial charge on any atom is 0.416 e. The molecule has 2 aromatic rings. The summed E-state index contributed by atoms with van der Waals surface area (Å²) in [5.74, 6) is -2.68. The minimum absolute atomic E-state index is 0.183. The molecule has 1 atom stereocenters. The number of aromatic nitrogens is 1. The maximum atomic E-state index is 12.7. The van der Waals surface area contributed by atoms with Crippen molar-refractivity contribution in [3.63, 3.8) is 0 Å². The molecule has 0 spiro atoms. The lowest BCUT2D eigenvalue weighted by molar-refractivity contribution is 0.0828. The number of benzene rings is 1. The number of pyridine rings is 1. The van der Waals surface area contributed by atoms with E-state index >= 15 is 0 Å². The predicted molar refractivity (Wildman–Crippen MR) is 115 cm³/mol. The van der Waals surface area contributed by atoms with E-state index in [4.69, 9.17) is 11.6 Å². The fourth-order valence-electron chi connectivity index (χ4n) is 3.25. The van der Waals surface area contributed by atoms with Gasteiger partial charge in [0.15, 0.2) is 0 Å². The highest BCUT2D eigenvalue weighted by Crippen LogP contribution is 2.29. The van der Waals surface area contributed by atoms with Crippen LogP contribution in [-0.4, -0.2) is 70.7 Å². The number of amides is 1. The number of halogens is 3. The van der Waals surface area contributed by atoms with Crippen molar-refractivity contribution in [1.29, 1.82) is 5.26 Å². The predicted octanol–water partition coefficient (Wildman–Crippen LogP) is 2.98. The maximum absolute atomic E-state index is 12.7. The van der Waals surface area contributed by atoms with Gasteiger partial charge in [-0.2, -0.15) is 14.0 Å². The standard InChI is InChI=1S/C20H20ClF2N5O2S/c1-26(2)19(29)16-4-3-13(10-17(16)21)15-9-14(11-24)18(25-12-15)27-5-7-28(8-6-27)31(30)20(22)23/h3-4,9-10,12,20H,5-8H2,1-2H3. The summed E-state index contributed by atoms with van der Waals surface area (Å²) in [7, 11) is 3.28. The molecule has 1 fully saturated rings. The molecule has 11 heteroatoms. The van der Waals surface area contributed by atoms with Crippen molar-refractivity contribution in [1.82, 2.24) is 14.2 Å². The van der Waals surface area contributed by atoms with Gasteiger partial charge < -0.3 is 14.4 Å². The van der Waals surface area contributed by atoms with Crippen LogP contribution in [0.2, 0.25) is 5.02 Å². The highest BCUT2D eigenvalue weighted by atomic mass is 35.5. The van der Waals surface area contributed by atoms with E-state index in [2.05, 4.69) is 11.1 Å². The lowest BCUT2D eigenvalue weighted by Gasteiger charge is -2.34. The highest BCUT2D eigenvalue weighted by Gasteiger charge is 2.33. The molecule has 1 aliphatic heterocycles. The molecule has 1 saturated heterocycles. The first kappa shape index (κ1) is 23.2. The summed E-state index contributed by atoms with van der Waals surface area (Å²) in [6.07, 6.45) is 1.60. The highest BCUT2D eigenvalue weighted by molar-refractivity contribution is 7.89. The molecule has 1 amide bonds.